The molecule has 2 heterocycles. The normalized spacial score (nSPS) is 12.1. The number of rotatable bonds is 7. The molecule has 0 aliphatic carbocycles. The summed E-state index contributed by atoms with van der Waals surface area (Å²) in [5, 5.41) is 3.50. The highest BCUT2D eigenvalue weighted by molar-refractivity contribution is 7.21. The molecule has 0 saturated carbocycles. The van der Waals surface area contributed by atoms with Crippen LogP contribution in [0.3, 0.4) is 0 Å². The van der Waals surface area contributed by atoms with Crippen LogP contribution in [0.1, 0.15) is 32.7 Å². The van der Waals surface area contributed by atoms with Gasteiger partial charge in [0.15, 0.2) is 0 Å². The predicted molar refractivity (Wildman–Crippen MR) is 118 cm³/mol. The minimum atomic E-state index is -0.561. The van der Waals surface area contributed by atoms with Gasteiger partial charge in [-0.15, -0.1) is 11.3 Å². The molecule has 1 atom stereocenters. The molecule has 1 unspecified atom stereocenters. The number of hydrogen-bond acceptors (Lipinski definition) is 5. The van der Waals surface area contributed by atoms with Gasteiger partial charge in [0.05, 0.1) is 18.6 Å². The van der Waals surface area contributed by atoms with Gasteiger partial charge < -0.3 is 19.4 Å². The summed E-state index contributed by atoms with van der Waals surface area (Å²) < 4.78 is 27.9. The van der Waals surface area contributed by atoms with Crippen molar-refractivity contribution in [3.8, 4) is 5.75 Å². The molecule has 0 bridgehead atoms. The summed E-state index contributed by atoms with van der Waals surface area (Å²) in [6, 6.07) is 11.7. The molecular weight excluding hydrogens is 417 g/mol. The molecule has 1 amide bonds. The number of ether oxygens (including phenoxy) is 2. The molecule has 0 fully saturated rings. The van der Waals surface area contributed by atoms with E-state index in [1.165, 1.54) is 24.5 Å². The zero-order valence-corrected chi connectivity index (χ0v) is 18.2. The van der Waals surface area contributed by atoms with Gasteiger partial charge in [-0.25, -0.2) is 9.37 Å². The Morgan fingerprint density at radius 1 is 1.23 bits per heavy atom. The van der Waals surface area contributed by atoms with Crippen LogP contribution in [-0.4, -0.2) is 29.7 Å². The van der Waals surface area contributed by atoms with Crippen molar-refractivity contribution in [2.24, 2.45) is 7.05 Å². The summed E-state index contributed by atoms with van der Waals surface area (Å²) in [5.41, 5.74) is 1.31. The van der Waals surface area contributed by atoms with E-state index in [0.29, 0.717) is 32.1 Å². The van der Waals surface area contributed by atoms with E-state index in [9.17, 15) is 9.18 Å². The van der Waals surface area contributed by atoms with Crippen LogP contribution < -0.4 is 10.1 Å². The van der Waals surface area contributed by atoms with E-state index in [2.05, 4.69) is 10.3 Å². The first-order valence-electron chi connectivity index (χ1n) is 9.65. The molecule has 0 radical (unpaired) electrons. The zero-order chi connectivity index (χ0) is 22.0. The van der Waals surface area contributed by atoms with Gasteiger partial charge in [-0.05, 0) is 18.2 Å². The van der Waals surface area contributed by atoms with E-state index in [1.54, 1.807) is 25.4 Å². The van der Waals surface area contributed by atoms with Crippen LogP contribution in [0, 0.1) is 5.82 Å². The molecule has 2 aromatic heterocycles. The molecule has 31 heavy (non-hydrogen) atoms. The highest BCUT2D eigenvalue weighted by Gasteiger charge is 2.27. The molecule has 0 spiro atoms. The van der Waals surface area contributed by atoms with Crippen molar-refractivity contribution < 1.29 is 18.7 Å². The fraction of sp³-hybridized carbons (Fsp3) is 0.217. The third-order valence-corrected chi connectivity index (χ3v) is 6.30. The van der Waals surface area contributed by atoms with E-state index >= 15 is 0 Å². The Balaban J connectivity index is 1.80. The average molecular weight is 440 g/mol. The number of imidazole rings is 1. The van der Waals surface area contributed by atoms with Gasteiger partial charge in [0.25, 0.3) is 5.91 Å². The number of halogens is 1. The van der Waals surface area contributed by atoms with Gasteiger partial charge in [-0.2, -0.15) is 0 Å². The van der Waals surface area contributed by atoms with E-state index in [4.69, 9.17) is 9.47 Å². The van der Waals surface area contributed by atoms with Crippen LogP contribution in [0.2, 0.25) is 0 Å². The first-order chi connectivity index (χ1) is 15.0. The number of carbonyl (C=O) groups excluding carboxylic acids is 1. The first kappa shape index (κ1) is 21.0. The lowest BCUT2D eigenvalue weighted by atomic mass is 10.0. The van der Waals surface area contributed by atoms with Crippen LogP contribution >= 0.6 is 11.3 Å². The molecule has 0 aliphatic heterocycles. The highest BCUT2D eigenvalue weighted by atomic mass is 32.1. The molecule has 0 aliphatic rings. The van der Waals surface area contributed by atoms with Gasteiger partial charge in [-0.3, -0.25) is 4.79 Å². The van der Waals surface area contributed by atoms with Gasteiger partial charge in [0.2, 0.25) is 0 Å². The molecule has 8 heteroatoms. The topological polar surface area (TPSA) is 65.4 Å². The van der Waals surface area contributed by atoms with Crippen LogP contribution in [0.25, 0.3) is 10.1 Å². The number of aromatic nitrogens is 2. The van der Waals surface area contributed by atoms with Crippen LogP contribution in [-0.2, 0) is 18.4 Å². The maximum absolute atomic E-state index is 14.5. The predicted octanol–water partition coefficient (Wildman–Crippen LogP) is 4.45. The van der Waals surface area contributed by atoms with E-state index in [-0.39, 0.29) is 18.3 Å². The van der Waals surface area contributed by atoms with Crippen molar-refractivity contribution >= 4 is 27.3 Å². The Hall–Kier alpha value is -3.23. The Morgan fingerprint density at radius 2 is 2.03 bits per heavy atom. The van der Waals surface area contributed by atoms with Crippen molar-refractivity contribution in [3.63, 3.8) is 0 Å². The summed E-state index contributed by atoms with van der Waals surface area (Å²) in [6.07, 6.45) is 3.49. The average Bonchev–Trinajstić information content (AvgIpc) is 3.36. The molecule has 4 aromatic rings. The molecule has 160 valence electrons. The summed E-state index contributed by atoms with van der Waals surface area (Å²) in [5.74, 6) is 0.588. The van der Waals surface area contributed by atoms with Crippen LogP contribution in [0.5, 0.6) is 5.75 Å². The van der Waals surface area contributed by atoms with Gasteiger partial charge >= 0.3 is 0 Å². The third kappa shape index (κ3) is 3.92. The van der Waals surface area contributed by atoms with E-state index in [0.717, 1.165) is 5.56 Å². The first-order valence-corrected chi connectivity index (χ1v) is 10.5. The smallest absolute Gasteiger partial charge is 0.262 e. The molecule has 6 nitrogen and oxygen atoms in total. The zero-order valence-electron chi connectivity index (χ0n) is 17.4. The van der Waals surface area contributed by atoms with E-state index in [1.807, 2.05) is 42.1 Å². The molecule has 0 saturated heterocycles. The minimum absolute atomic E-state index is 0.130. The highest BCUT2D eigenvalue weighted by Crippen LogP contribution is 2.35. The van der Waals surface area contributed by atoms with Gasteiger partial charge in [0, 0.05) is 47.8 Å². The maximum Gasteiger partial charge on any atom is 0.262 e. The fourth-order valence-electron chi connectivity index (χ4n) is 3.67. The number of amides is 1. The number of thiophene rings is 1. The molecule has 4 rings (SSSR count). The van der Waals surface area contributed by atoms with Gasteiger partial charge in [-0.1, -0.05) is 24.3 Å². The Labute approximate surface area is 183 Å². The summed E-state index contributed by atoms with van der Waals surface area (Å²) in [6.45, 7) is 0.130. The second-order valence-corrected chi connectivity index (χ2v) is 8.05. The summed E-state index contributed by atoms with van der Waals surface area (Å²) in [7, 11) is 4.97. The molecule has 1 N–H and O–H groups in total. The quantitative estimate of drug-likeness (QED) is 0.462. The van der Waals surface area contributed by atoms with Crippen molar-refractivity contribution in [1.82, 2.24) is 14.9 Å². The molecule has 2 aromatic carbocycles. The number of benzene rings is 2. The largest absolute Gasteiger partial charge is 0.496 e. The number of para-hydroxylation sites is 1. The molecular formula is C23H22FN3O3S. The number of carbonyl (C=O) groups is 1. The van der Waals surface area contributed by atoms with Crippen LogP contribution in [0.4, 0.5) is 4.39 Å². The van der Waals surface area contributed by atoms with Gasteiger partial charge in [0.1, 0.15) is 23.4 Å². The Kier molecular flexibility index (Phi) is 6.01. The number of methoxy groups -OCH3 is 2. The van der Waals surface area contributed by atoms with Crippen molar-refractivity contribution in [1.29, 1.82) is 0 Å². The number of nitrogens with zero attached hydrogens (tertiary/aromatic N) is 2. The number of fused-ring (bicyclic) bond motifs is 1. The lowest BCUT2D eigenvalue weighted by molar-refractivity contribution is 0.0940. The standard InChI is InChI=1S/C23H22FN3O3S/c1-27-12-11-25-22(27)20(14-7-4-5-9-17(14)30-3)26-23(28)21-15(13-29-2)19-16(24)8-6-10-18(19)31-21/h4-12,20H,13H2,1-3H3,(H,26,28). The number of nitrogens with one attached hydrogen (secondary N) is 1. The lowest BCUT2D eigenvalue weighted by Gasteiger charge is -2.21. The Morgan fingerprint density at radius 3 is 2.74 bits per heavy atom. The second-order valence-electron chi connectivity index (χ2n) is 7.00. The Bertz CT molecular complexity index is 1230. The maximum atomic E-state index is 14.5. The van der Waals surface area contributed by atoms with Crippen molar-refractivity contribution in [3.05, 3.63) is 82.5 Å². The lowest BCUT2D eigenvalue weighted by Crippen LogP contribution is -2.31. The minimum Gasteiger partial charge on any atom is -0.496 e. The van der Waals surface area contributed by atoms with Crippen LogP contribution in [0.15, 0.2) is 54.9 Å². The van der Waals surface area contributed by atoms with E-state index < -0.39 is 6.04 Å². The fourth-order valence-corrected chi connectivity index (χ4v) is 4.80. The van der Waals surface area contributed by atoms with Crippen molar-refractivity contribution in [2.75, 3.05) is 14.2 Å². The summed E-state index contributed by atoms with van der Waals surface area (Å²) in [4.78, 5) is 18.3. The monoisotopic (exact) mass is 439 g/mol. The number of hydrogen-bond donors (Lipinski definition) is 1. The summed E-state index contributed by atoms with van der Waals surface area (Å²) >= 11 is 1.24. The second kappa shape index (κ2) is 8.87. The van der Waals surface area contributed by atoms with Crippen molar-refractivity contribution in [2.45, 2.75) is 12.6 Å². The SMILES string of the molecule is COCc1c(C(=O)NC(c2ccccc2OC)c2nccn2C)sc2cccc(F)c12. The third-order valence-electron chi connectivity index (χ3n) is 5.10. The number of aryl methyl sites for hydroxylation is 1.